The van der Waals surface area contributed by atoms with Crippen LogP contribution in [0.5, 0.6) is 0 Å². The number of hydrogen-bond acceptors (Lipinski definition) is 0. The summed E-state index contributed by atoms with van der Waals surface area (Å²) >= 11 is 7.26. The van der Waals surface area contributed by atoms with E-state index >= 15 is 0 Å². The highest BCUT2D eigenvalue weighted by atomic mass is 35.5. The Balaban J connectivity index is 1.96. The predicted molar refractivity (Wildman–Crippen MR) is 161 cm³/mol. The Morgan fingerprint density at radius 2 is 0.976 bits per heavy atom. The molecule has 0 N–H and O–H groups in total. The van der Waals surface area contributed by atoms with Crippen molar-refractivity contribution in [2.24, 2.45) is 0 Å². The lowest BCUT2D eigenvalue weighted by molar-refractivity contribution is 0.584. The molecule has 5 heteroatoms. The summed E-state index contributed by atoms with van der Waals surface area (Å²) in [6.45, 7) is 8.45. The number of hydrogen-bond donors (Lipinski definition) is 0. The van der Waals surface area contributed by atoms with Crippen LogP contribution in [0, 0.1) is 23.3 Å². The summed E-state index contributed by atoms with van der Waals surface area (Å²) in [6.07, 6.45) is 0. The van der Waals surface area contributed by atoms with Gasteiger partial charge in [-0.3, -0.25) is 0 Å². The van der Waals surface area contributed by atoms with Gasteiger partial charge in [0.25, 0.3) is 0 Å². The third-order valence-corrected chi connectivity index (χ3v) is 7.69. The molecule has 0 atom stereocenters. The Hall–Kier alpha value is -3.89. The molecule has 0 nitrogen and oxygen atoms in total. The van der Waals surface area contributed by atoms with E-state index < -0.39 is 23.3 Å². The van der Waals surface area contributed by atoms with Crippen LogP contribution in [0.2, 0.25) is 5.02 Å². The molecule has 0 aliphatic heterocycles. The molecule has 0 amide bonds. The largest absolute Gasteiger partial charge is 0.207 e. The molecule has 5 aromatic rings. The summed E-state index contributed by atoms with van der Waals surface area (Å²) in [5.41, 5.74) is 6.66. The van der Waals surface area contributed by atoms with Crippen LogP contribution in [0.15, 0.2) is 91.0 Å². The molecule has 0 spiro atoms. The van der Waals surface area contributed by atoms with Crippen molar-refractivity contribution in [3.63, 3.8) is 0 Å². The second-order valence-corrected chi connectivity index (χ2v) is 11.3. The third-order valence-electron chi connectivity index (χ3n) is 7.31. The molecule has 41 heavy (non-hydrogen) atoms. The van der Waals surface area contributed by atoms with Crippen molar-refractivity contribution in [2.75, 3.05) is 0 Å². The molecule has 0 bridgehead atoms. The topological polar surface area (TPSA) is 0 Å². The molecular weight excluding hydrogens is 544 g/mol. The van der Waals surface area contributed by atoms with Gasteiger partial charge in [0.15, 0.2) is 0 Å². The standard InChI is InChI=1S/C36H29ClF4/c1-20(2)24-12-25(21(3)4)14-26(13-24)32-19-33(27-16-30(40)18-31(41)17-27)34(22-8-10-28(38)11-9-22)36(37)35(32)23-6-5-7-29(39)15-23/h5-21H,1-4H3. The minimum atomic E-state index is -0.735. The first kappa shape index (κ1) is 28.6. The SMILES string of the molecule is CC(C)c1cc(-c2cc(-c3cc(F)cc(F)c3)c(-c3ccc(F)cc3)c(Cl)c2-c2cccc(F)c2)cc(C(C)C)c1. The van der Waals surface area contributed by atoms with Gasteiger partial charge in [0.1, 0.15) is 23.3 Å². The van der Waals surface area contributed by atoms with Gasteiger partial charge < -0.3 is 0 Å². The van der Waals surface area contributed by atoms with E-state index in [1.165, 1.54) is 36.4 Å². The Bertz CT molecular complexity index is 1690. The van der Waals surface area contributed by atoms with Gasteiger partial charge in [-0.25, -0.2) is 17.6 Å². The van der Waals surface area contributed by atoms with E-state index in [-0.39, 0.29) is 22.4 Å². The van der Waals surface area contributed by atoms with E-state index in [4.69, 9.17) is 11.6 Å². The van der Waals surface area contributed by atoms with Gasteiger partial charge in [0.05, 0.1) is 5.02 Å². The fraction of sp³-hybridized carbons (Fsp3) is 0.167. The lowest BCUT2D eigenvalue weighted by Gasteiger charge is -2.22. The first-order valence-corrected chi connectivity index (χ1v) is 13.9. The molecule has 0 aliphatic rings. The molecule has 0 saturated carbocycles. The maximum atomic E-state index is 14.6. The first-order chi connectivity index (χ1) is 19.5. The molecule has 208 valence electrons. The average Bonchev–Trinajstić information content (AvgIpc) is 2.92. The second-order valence-electron chi connectivity index (χ2n) is 10.9. The number of benzene rings is 5. The van der Waals surface area contributed by atoms with Crippen LogP contribution in [0.1, 0.15) is 50.7 Å². The van der Waals surface area contributed by atoms with Gasteiger partial charge in [-0.05, 0) is 98.8 Å². The van der Waals surface area contributed by atoms with Crippen molar-refractivity contribution < 1.29 is 17.6 Å². The van der Waals surface area contributed by atoms with Crippen molar-refractivity contribution >= 4 is 11.6 Å². The molecular formula is C36H29ClF4. The summed E-state index contributed by atoms with van der Waals surface area (Å²) in [7, 11) is 0. The number of rotatable bonds is 6. The highest BCUT2D eigenvalue weighted by Gasteiger charge is 2.23. The van der Waals surface area contributed by atoms with Crippen LogP contribution < -0.4 is 0 Å². The lowest BCUT2D eigenvalue weighted by Crippen LogP contribution is -1.99. The normalized spacial score (nSPS) is 11.5. The van der Waals surface area contributed by atoms with Crippen LogP contribution in [0.25, 0.3) is 44.5 Å². The van der Waals surface area contributed by atoms with Gasteiger partial charge in [0, 0.05) is 17.2 Å². The van der Waals surface area contributed by atoms with Crippen LogP contribution in [-0.2, 0) is 0 Å². The van der Waals surface area contributed by atoms with E-state index in [9.17, 15) is 17.6 Å². The van der Waals surface area contributed by atoms with E-state index in [0.29, 0.717) is 33.4 Å². The Kier molecular flexibility index (Phi) is 8.06. The fourth-order valence-electron chi connectivity index (χ4n) is 5.14. The molecule has 0 fully saturated rings. The minimum absolute atomic E-state index is 0.232. The van der Waals surface area contributed by atoms with Crippen molar-refractivity contribution in [2.45, 2.75) is 39.5 Å². The molecule has 0 aliphatic carbocycles. The van der Waals surface area contributed by atoms with E-state index in [2.05, 4.69) is 45.9 Å². The minimum Gasteiger partial charge on any atom is -0.207 e. The van der Waals surface area contributed by atoms with Gasteiger partial charge in [-0.15, -0.1) is 0 Å². The van der Waals surface area contributed by atoms with Crippen molar-refractivity contribution in [3.8, 4) is 44.5 Å². The van der Waals surface area contributed by atoms with Crippen molar-refractivity contribution in [3.05, 3.63) is 130 Å². The molecule has 0 radical (unpaired) electrons. The maximum absolute atomic E-state index is 14.6. The third kappa shape index (κ3) is 5.94. The highest BCUT2D eigenvalue weighted by molar-refractivity contribution is 6.38. The molecule has 0 saturated heterocycles. The van der Waals surface area contributed by atoms with Crippen LogP contribution in [0.3, 0.4) is 0 Å². The van der Waals surface area contributed by atoms with E-state index in [1.807, 2.05) is 6.07 Å². The van der Waals surface area contributed by atoms with Gasteiger partial charge >= 0.3 is 0 Å². The van der Waals surface area contributed by atoms with E-state index in [0.717, 1.165) is 22.8 Å². The second kappa shape index (κ2) is 11.5. The summed E-state index contributed by atoms with van der Waals surface area (Å²) in [4.78, 5) is 0. The van der Waals surface area contributed by atoms with Gasteiger partial charge in [0.2, 0.25) is 0 Å². The maximum Gasteiger partial charge on any atom is 0.126 e. The molecule has 0 heterocycles. The molecule has 5 rings (SSSR count). The van der Waals surface area contributed by atoms with Crippen molar-refractivity contribution in [1.82, 2.24) is 0 Å². The zero-order valence-corrected chi connectivity index (χ0v) is 24.0. The van der Waals surface area contributed by atoms with Gasteiger partial charge in [-0.1, -0.05) is 81.8 Å². The average molecular weight is 573 g/mol. The zero-order valence-electron chi connectivity index (χ0n) is 23.2. The Morgan fingerprint density at radius 1 is 0.463 bits per heavy atom. The zero-order chi connectivity index (χ0) is 29.4. The summed E-state index contributed by atoms with van der Waals surface area (Å²) in [6, 6.07) is 23.4. The molecule has 0 unspecified atom stereocenters. The fourth-order valence-corrected chi connectivity index (χ4v) is 5.56. The smallest absolute Gasteiger partial charge is 0.126 e. The molecule has 0 aromatic heterocycles. The number of halogens is 5. The summed E-state index contributed by atoms with van der Waals surface area (Å²) in [5.74, 6) is -1.87. The predicted octanol–water partition coefficient (Wildman–Crippen LogP) is 11.8. The Morgan fingerprint density at radius 3 is 1.51 bits per heavy atom. The summed E-state index contributed by atoms with van der Waals surface area (Å²) < 4.78 is 57.6. The highest BCUT2D eigenvalue weighted by Crippen LogP contribution is 2.49. The summed E-state index contributed by atoms with van der Waals surface area (Å²) in [5, 5.41) is 0.264. The molecule has 5 aromatic carbocycles. The lowest BCUT2D eigenvalue weighted by atomic mass is 9.83. The monoisotopic (exact) mass is 572 g/mol. The van der Waals surface area contributed by atoms with Crippen molar-refractivity contribution in [1.29, 1.82) is 0 Å². The Labute approximate surface area is 243 Å². The van der Waals surface area contributed by atoms with Gasteiger partial charge in [-0.2, -0.15) is 0 Å². The van der Waals surface area contributed by atoms with E-state index in [1.54, 1.807) is 24.3 Å². The first-order valence-electron chi connectivity index (χ1n) is 13.5. The van der Waals surface area contributed by atoms with Crippen LogP contribution in [-0.4, -0.2) is 0 Å². The quantitative estimate of drug-likeness (QED) is 0.177. The van der Waals surface area contributed by atoms with Crippen LogP contribution in [0.4, 0.5) is 17.6 Å². The van der Waals surface area contributed by atoms with Crippen LogP contribution >= 0.6 is 11.6 Å².